The fourth-order valence-corrected chi connectivity index (χ4v) is 2.98. The Bertz CT molecular complexity index is 923. The van der Waals surface area contributed by atoms with Gasteiger partial charge in [-0.25, -0.2) is 0 Å². The summed E-state index contributed by atoms with van der Waals surface area (Å²) in [6.07, 6.45) is 0. The van der Waals surface area contributed by atoms with Crippen LogP contribution in [-0.2, 0) is 4.79 Å². The molecule has 1 unspecified atom stereocenters. The molecule has 1 aliphatic rings. The number of aromatic nitrogens is 2. The average Bonchev–Trinajstić information content (AvgIpc) is 3.02. The third-order valence-corrected chi connectivity index (χ3v) is 4.12. The van der Waals surface area contributed by atoms with Crippen LogP contribution in [0.3, 0.4) is 0 Å². The highest BCUT2D eigenvalue weighted by molar-refractivity contribution is 5.75. The van der Waals surface area contributed by atoms with Crippen LogP contribution in [0.25, 0.3) is 0 Å². The third-order valence-electron chi connectivity index (χ3n) is 4.12. The van der Waals surface area contributed by atoms with Crippen molar-refractivity contribution in [3.63, 3.8) is 0 Å². The summed E-state index contributed by atoms with van der Waals surface area (Å²) in [4.78, 5) is 11.0. The second-order valence-corrected chi connectivity index (χ2v) is 6.26. The summed E-state index contributed by atoms with van der Waals surface area (Å²) >= 11 is 0. The number of nitrogens with two attached hydrogens (primary N) is 2. The van der Waals surface area contributed by atoms with Crippen LogP contribution in [0.1, 0.15) is 42.5 Å². The molecule has 1 aliphatic heterocycles. The number of primary amides is 1. The number of nitrogens with one attached hydrogen (secondary N) is 1. The molecule has 0 saturated carbocycles. The largest absolute Gasteiger partial charge is 0.484 e. The number of aromatic amines is 1. The van der Waals surface area contributed by atoms with Crippen molar-refractivity contribution in [1.29, 1.82) is 5.26 Å². The lowest BCUT2D eigenvalue weighted by Crippen LogP contribution is -2.22. The van der Waals surface area contributed by atoms with E-state index in [1.807, 2.05) is 19.9 Å². The summed E-state index contributed by atoms with van der Waals surface area (Å²) in [5, 5.41) is 16.8. The van der Waals surface area contributed by atoms with E-state index in [0.717, 1.165) is 16.8 Å². The molecule has 8 heteroatoms. The molecule has 26 heavy (non-hydrogen) atoms. The molecular weight excluding hydrogens is 334 g/mol. The number of rotatable bonds is 5. The third kappa shape index (κ3) is 3.07. The zero-order chi connectivity index (χ0) is 18.8. The molecule has 0 saturated heterocycles. The van der Waals surface area contributed by atoms with Crippen LogP contribution in [0, 0.1) is 11.3 Å². The van der Waals surface area contributed by atoms with Gasteiger partial charge in [0.25, 0.3) is 5.91 Å². The van der Waals surface area contributed by atoms with E-state index in [1.165, 1.54) is 0 Å². The summed E-state index contributed by atoms with van der Waals surface area (Å²) in [6.45, 7) is 3.81. The molecule has 1 amide bonds. The van der Waals surface area contributed by atoms with E-state index in [1.54, 1.807) is 18.2 Å². The van der Waals surface area contributed by atoms with Gasteiger partial charge in [-0.05, 0) is 23.6 Å². The number of nitrogens with zero attached hydrogens (tertiary/aromatic N) is 2. The Morgan fingerprint density at radius 2 is 2.27 bits per heavy atom. The van der Waals surface area contributed by atoms with Gasteiger partial charge < -0.3 is 20.9 Å². The lowest BCUT2D eigenvalue weighted by atomic mass is 9.82. The summed E-state index contributed by atoms with van der Waals surface area (Å²) in [6, 6.07) is 9.25. The number of carbonyl (C=O) groups is 1. The first kappa shape index (κ1) is 17.4. The first-order valence-corrected chi connectivity index (χ1v) is 8.09. The lowest BCUT2D eigenvalue weighted by molar-refractivity contribution is -0.119. The smallest absolute Gasteiger partial charge is 0.255 e. The maximum absolute atomic E-state index is 11.0. The van der Waals surface area contributed by atoms with Gasteiger partial charge in [-0.15, -0.1) is 5.10 Å². The molecule has 0 bridgehead atoms. The lowest BCUT2D eigenvalue weighted by Gasteiger charge is -2.25. The number of nitriles is 1. The zero-order valence-electron chi connectivity index (χ0n) is 14.4. The number of allylic oxidation sites excluding steroid dienone is 1. The molecule has 1 aromatic heterocycles. The van der Waals surface area contributed by atoms with Crippen LogP contribution in [-0.4, -0.2) is 22.7 Å². The van der Waals surface area contributed by atoms with E-state index in [4.69, 9.17) is 20.9 Å². The van der Waals surface area contributed by atoms with Gasteiger partial charge in [0.15, 0.2) is 6.61 Å². The molecule has 0 aliphatic carbocycles. The number of carbonyl (C=O) groups excluding carboxylic acids is 1. The van der Waals surface area contributed by atoms with Gasteiger partial charge >= 0.3 is 0 Å². The number of amides is 1. The van der Waals surface area contributed by atoms with Crippen LogP contribution in [0.15, 0.2) is 35.7 Å². The zero-order valence-corrected chi connectivity index (χ0v) is 14.4. The van der Waals surface area contributed by atoms with Crippen molar-refractivity contribution in [3.05, 3.63) is 52.5 Å². The quantitative estimate of drug-likeness (QED) is 0.746. The Balaban J connectivity index is 2.11. The van der Waals surface area contributed by atoms with Gasteiger partial charge in [-0.3, -0.25) is 9.89 Å². The highest BCUT2D eigenvalue weighted by Gasteiger charge is 2.35. The normalized spacial score (nSPS) is 16.0. The van der Waals surface area contributed by atoms with E-state index in [-0.39, 0.29) is 18.4 Å². The molecular formula is C18H19N5O3. The molecule has 3 rings (SSSR count). The molecule has 0 spiro atoms. The molecule has 1 aromatic carbocycles. The Morgan fingerprint density at radius 3 is 2.92 bits per heavy atom. The molecule has 0 fully saturated rings. The van der Waals surface area contributed by atoms with Crippen LogP contribution in [0.4, 0.5) is 0 Å². The second kappa shape index (κ2) is 6.80. The Labute approximate surface area is 150 Å². The van der Waals surface area contributed by atoms with Crippen LogP contribution in [0.5, 0.6) is 11.6 Å². The maximum atomic E-state index is 11.0. The minimum atomic E-state index is -0.567. The van der Waals surface area contributed by atoms with Crippen LogP contribution >= 0.6 is 0 Å². The number of H-pyrrole nitrogens is 1. The first-order chi connectivity index (χ1) is 12.4. The van der Waals surface area contributed by atoms with Crippen LogP contribution < -0.4 is 20.9 Å². The number of hydrogen-bond donors (Lipinski definition) is 3. The molecule has 8 nitrogen and oxygen atoms in total. The van der Waals surface area contributed by atoms with E-state index in [9.17, 15) is 10.1 Å². The average molecular weight is 353 g/mol. The van der Waals surface area contributed by atoms with Crippen LogP contribution in [0.2, 0.25) is 0 Å². The Morgan fingerprint density at radius 1 is 1.50 bits per heavy atom. The molecule has 2 heterocycles. The highest BCUT2D eigenvalue weighted by atomic mass is 16.5. The van der Waals surface area contributed by atoms with E-state index in [2.05, 4.69) is 16.3 Å². The van der Waals surface area contributed by atoms with E-state index in [0.29, 0.717) is 17.2 Å². The number of ether oxygens (including phenoxy) is 2. The summed E-state index contributed by atoms with van der Waals surface area (Å²) in [5.41, 5.74) is 13.8. The number of hydrogen-bond acceptors (Lipinski definition) is 6. The van der Waals surface area contributed by atoms with Crippen molar-refractivity contribution in [1.82, 2.24) is 10.2 Å². The fraction of sp³-hybridized carbons (Fsp3) is 0.278. The van der Waals surface area contributed by atoms with Crippen molar-refractivity contribution >= 4 is 5.91 Å². The topological polar surface area (TPSA) is 140 Å². The maximum Gasteiger partial charge on any atom is 0.255 e. The van der Waals surface area contributed by atoms with Gasteiger partial charge in [-0.1, -0.05) is 26.0 Å². The molecule has 2 aromatic rings. The monoisotopic (exact) mass is 353 g/mol. The second-order valence-electron chi connectivity index (χ2n) is 6.26. The van der Waals surface area contributed by atoms with Gasteiger partial charge in [0, 0.05) is 5.69 Å². The Kier molecular flexibility index (Phi) is 4.54. The molecule has 1 atom stereocenters. The first-order valence-electron chi connectivity index (χ1n) is 8.09. The summed E-state index contributed by atoms with van der Waals surface area (Å²) < 4.78 is 10.9. The standard InChI is InChI=1S/C18H19N5O3/c1-9(2)16-15-14(12(7-19)17(21)26-18(15)23-22-16)10-4-3-5-11(6-10)25-8-13(20)24/h3-6,9,14H,8,21H2,1-2H3,(H2,20,24)(H,22,23). The molecule has 5 N–H and O–H groups in total. The van der Waals surface area contributed by atoms with Crippen molar-refractivity contribution in [2.24, 2.45) is 11.5 Å². The molecule has 134 valence electrons. The van der Waals surface area contributed by atoms with Gasteiger partial charge in [-0.2, -0.15) is 5.26 Å². The minimum absolute atomic E-state index is 0.0234. The number of benzene rings is 1. The SMILES string of the molecule is CC(C)c1[nH]nc2c1C(c1cccc(OCC(N)=O)c1)C(C#N)=C(N)O2. The predicted octanol–water partition coefficient (Wildman–Crippen LogP) is 1.62. The van der Waals surface area contributed by atoms with Crippen molar-refractivity contribution < 1.29 is 14.3 Å². The van der Waals surface area contributed by atoms with Gasteiger partial charge in [0.2, 0.25) is 11.8 Å². The van der Waals surface area contributed by atoms with Gasteiger partial charge in [0.1, 0.15) is 17.4 Å². The van der Waals surface area contributed by atoms with Gasteiger partial charge in [0.05, 0.1) is 11.5 Å². The van der Waals surface area contributed by atoms with Crippen molar-refractivity contribution in [3.8, 4) is 17.7 Å². The predicted molar refractivity (Wildman–Crippen MR) is 93.1 cm³/mol. The van der Waals surface area contributed by atoms with Crippen molar-refractivity contribution in [2.45, 2.75) is 25.7 Å². The van der Waals surface area contributed by atoms with E-state index >= 15 is 0 Å². The number of fused-ring (bicyclic) bond motifs is 1. The minimum Gasteiger partial charge on any atom is -0.484 e. The van der Waals surface area contributed by atoms with E-state index < -0.39 is 11.8 Å². The summed E-state index contributed by atoms with van der Waals surface area (Å²) in [7, 11) is 0. The van der Waals surface area contributed by atoms with Crippen molar-refractivity contribution in [2.75, 3.05) is 6.61 Å². The Hall–Kier alpha value is -3.47. The molecule has 0 radical (unpaired) electrons. The highest BCUT2D eigenvalue weighted by Crippen LogP contribution is 2.44. The summed E-state index contributed by atoms with van der Waals surface area (Å²) in [5.74, 6) is -0.0146. The fourth-order valence-electron chi connectivity index (χ4n) is 2.98.